The molecule has 0 aromatic heterocycles. The van der Waals surface area contributed by atoms with E-state index in [-0.39, 0.29) is 30.3 Å². The van der Waals surface area contributed by atoms with E-state index in [2.05, 4.69) is 5.32 Å². The lowest BCUT2D eigenvalue weighted by atomic mass is 9.95. The second kappa shape index (κ2) is 10.9. The fourth-order valence-electron chi connectivity index (χ4n) is 5.15. The molecule has 0 spiro atoms. The molecule has 1 N–H and O–H groups in total. The number of nitrogens with zero attached hydrogens (tertiary/aromatic N) is 1. The van der Waals surface area contributed by atoms with Crippen molar-refractivity contribution in [2.75, 3.05) is 13.7 Å². The minimum absolute atomic E-state index is 0.120. The van der Waals surface area contributed by atoms with Gasteiger partial charge in [0.05, 0.1) is 17.6 Å². The van der Waals surface area contributed by atoms with Crippen LogP contribution in [0.25, 0.3) is 0 Å². The van der Waals surface area contributed by atoms with Gasteiger partial charge in [0.15, 0.2) is 0 Å². The lowest BCUT2D eigenvalue weighted by molar-refractivity contribution is -0.125. The molecule has 1 aliphatic rings. The van der Waals surface area contributed by atoms with Crippen molar-refractivity contribution in [1.29, 1.82) is 0 Å². The highest BCUT2D eigenvalue weighted by Gasteiger charge is 2.40. The number of rotatable bonds is 7. The van der Waals surface area contributed by atoms with E-state index in [9.17, 15) is 18.0 Å². The van der Waals surface area contributed by atoms with E-state index in [1.165, 1.54) is 11.4 Å². The van der Waals surface area contributed by atoms with Crippen LogP contribution in [0.5, 0.6) is 0 Å². The molecule has 1 amide bonds. The normalized spacial score (nSPS) is 15.6. The Morgan fingerprint density at radius 1 is 0.973 bits per heavy atom. The van der Waals surface area contributed by atoms with Gasteiger partial charge >= 0.3 is 5.97 Å². The molecule has 0 saturated carbocycles. The Kier molecular flexibility index (Phi) is 7.80. The summed E-state index contributed by atoms with van der Waals surface area (Å²) in [6.07, 6.45) is 0.688. The molecule has 1 heterocycles. The molecular weight excluding hydrogens is 488 g/mol. The van der Waals surface area contributed by atoms with E-state index >= 15 is 0 Å². The third-order valence-corrected chi connectivity index (χ3v) is 8.96. The SMILES string of the molecule is COC(=O)c1ccccc1CCNC(=O)C1Cc2ccccc2CN1S(=O)(=O)c1c(C)cc(C)cc1C. The first-order valence-corrected chi connectivity index (χ1v) is 13.7. The summed E-state index contributed by atoms with van der Waals surface area (Å²) < 4.78 is 34.2. The number of amides is 1. The van der Waals surface area contributed by atoms with Gasteiger partial charge in [0.1, 0.15) is 6.04 Å². The van der Waals surface area contributed by atoms with Crippen molar-refractivity contribution in [2.45, 2.75) is 51.1 Å². The summed E-state index contributed by atoms with van der Waals surface area (Å²) in [5.41, 5.74) is 5.36. The van der Waals surface area contributed by atoms with E-state index in [1.807, 2.05) is 55.5 Å². The first-order chi connectivity index (χ1) is 17.6. The molecule has 7 nitrogen and oxygen atoms in total. The lowest BCUT2D eigenvalue weighted by Gasteiger charge is -2.35. The molecule has 3 aromatic rings. The van der Waals surface area contributed by atoms with Gasteiger partial charge in [0, 0.05) is 13.1 Å². The Hall–Kier alpha value is -3.49. The molecule has 1 unspecified atom stereocenters. The summed E-state index contributed by atoms with van der Waals surface area (Å²) in [5, 5.41) is 2.91. The van der Waals surface area contributed by atoms with Crippen molar-refractivity contribution in [3.05, 3.63) is 99.6 Å². The monoisotopic (exact) mass is 520 g/mol. The first-order valence-electron chi connectivity index (χ1n) is 12.2. The lowest BCUT2D eigenvalue weighted by Crippen LogP contribution is -2.52. The molecule has 3 aromatic carbocycles. The van der Waals surface area contributed by atoms with Crippen LogP contribution in [0.2, 0.25) is 0 Å². The largest absolute Gasteiger partial charge is 0.465 e. The zero-order chi connectivity index (χ0) is 26.7. The van der Waals surface area contributed by atoms with Crippen molar-refractivity contribution in [3.8, 4) is 0 Å². The summed E-state index contributed by atoms with van der Waals surface area (Å²) in [5.74, 6) is -0.803. The number of aryl methyl sites for hydroxylation is 3. The molecular formula is C29H32N2O5S. The quantitative estimate of drug-likeness (QED) is 0.478. The Balaban J connectivity index is 1.61. The van der Waals surface area contributed by atoms with E-state index < -0.39 is 22.0 Å². The van der Waals surface area contributed by atoms with Gasteiger partial charge in [-0.3, -0.25) is 4.79 Å². The number of sulfonamides is 1. The minimum Gasteiger partial charge on any atom is -0.465 e. The minimum atomic E-state index is -3.96. The van der Waals surface area contributed by atoms with Crippen LogP contribution < -0.4 is 5.32 Å². The molecule has 1 aliphatic heterocycles. The fraction of sp³-hybridized carbons (Fsp3) is 0.310. The van der Waals surface area contributed by atoms with Gasteiger partial charge in [0.25, 0.3) is 0 Å². The van der Waals surface area contributed by atoms with Crippen molar-refractivity contribution in [2.24, 2.45) is 0 Å². The predicted molar refractivity (Wildman–Crippen MR) is 142 cm³/mol. The molecule has 1 atom stereocenters. The van der Waals surface area contributed by atoms with Crippen LogP contribution in [0.4, 0.5) is 0 Å². The Labute approximate surface area is 218 Å². The Bertz CT molecular complexity index is 1430. The van der Waals surface area contributed by atoms with Gasteiger partial charge in [-0.25, -0.2) is 13.2 Å². The van der Waals surface area contributed by atoms with E-state index in [0.717, 1.165) is 22.3 Å². The number of methoxy groups -OCH3 is 1. The topological polar surface area (TPSA) is 92.8 Å². The maximum absolute atomic E-state index is 14.0. The van der Waals surface area contributed by atoms with Gasteiger partial charge in [0.2, 0.25) is 15.9 Å². The highest BCUT2D eigenvalue weighted by Crippen LogP contribution is 2.32. The summed E-state index contributed by atoms with van der Waals surface area (Å²) >= 11 is 0. The number of nitrogens with one attached hydrogen (secondary N) is 1. The van der Waals surface area contributed by atoms with Crippen LogP contribution in [0, 0.1) is 20.8 Å². The molecule has 0 fully saturated rings. The first kappa shape index (κ1) is 26.6. The summed E-state index contributed by atoms with van der Waals surface area (Å²) in [6, 6.07) is 17.5. The zero-order valence-electron chi connectivity index (χ0n) is 21.6. The number of carbonyl (C=O) groups is 2. The molecule has 0 aliphatic carbocycles. The van der Waals surface area contributed by atoms with E-state index in [4.69, 9.17) is 4.74 Å². The number of benzene rings is 3. The molecule has 37 heavy (non-hydrogen) atoms. The van der Waals surface area contributed by atoms with Gasteiger partial charge in [-0.15, -0.1) is 0 Å². The second-order valence-electron chi connectivity index (χ2n) is 9.46. The molecule has 0 saturated heterocycles. The number of hydrogen-bond acceptors (Lipinski definition) is 5. The maximum Gasteiger partial charge on any atom is 0.338 e. The van der Waals surface area contributed by atoms with Crippen molar-refractivity contribution >= 4 is 21.9 Å². The van der Waals surface area contributed by atoms with Crippen LogP contribution in [0.1, 0.15) is 43.7 Å². The highest BCUT2D eigenvalue weighted by molar-refractivity contribution is 7.89. The molecule has 8 heteroatoms. The number of fused-ring (bicyclic) bond motifs is 1. The number of carbonyl (C=O) groups excluding carboxylic acids is 2. The average molecular weight is 521 g/mol. The van der Waals surface area contributed by atoms with E-state index in [0.29, 0.717) is 23.1 Å². The third kappa shape index (κ3) is 5.45. The van der Waals surface area contributed by atoms with Crippen LogP contribution in [-0.4, -0.2) is 44.3 Å². The van der Waals surface area contributed by atoms with Crippen molar-refractivity contribution < 1.29 is 22.7 Å². The zero-order valence-corrected chi connectivity index (χ0v) is 22.4. The molecule has 0 bridgehead atoms. The van der Waals surface area contributed by atoms with Crippen LogP contribution >= 0.6 is 0 Å². The van der Waals surface area contributed by atoms with Crippen LogP contribution in [0.15, 0.2) is 65.6 Å². The van der Waals surface area contributed by atoms with Crippen LogP contribution in [-0.2, 0) is 38.9 Å². The smallest absolute Gasteiger partial charge is 0.338 e. The van der Waals surface area contributed by atoms with Crippen molar-refractivity contribution in [1.82, 2.24) is 9.62 Å². The fourth-order valence-corrected chi connectivity index (χ4v) is 7.13. The van der Waals surface area contributed by atoms with Gasteiger partial charge in [-0.2, -0.15) is 4.31 Å². The second-order valence-corrected chi connectivity index (χ2v) is 11.3. The standard InChI is InChI=1S/C29H32N2O5S/c1-19-15-20(2)27(21(3)16-19)37(34,35)31-18-24-11-6-5-10-23(24)17-26(31)28(32)30-14-13-22-9-7-8-12-25(22)29(33)36-4/h5-12,15-16,26H,13-14,17-18H2,1-4H3,(H,30,32). The molecule has 194 valence electrons. The van der Waals surface area contributed by atoms with Gasteiger partial charge in [-0.1, -0.05) is 60.2 Å². The number of ether oxygens (including phenoxy) is 1. The van der Waals surface area contributed by atoms with Gasteiger partial charge in [-0.05, 0) is 67.5 Å². The summed E-state index contributed by atoms with van der Waals surface area (Å²) in [7, 11) is -2.64. The Morgan fingerprint density at radius 2 is 1.59 bits per heavy atom. The van der Waals surface area contributed by atoms with Crippen molar-refractivity contribution in [3.63, 3.8) is 0 Å². The third-order valence-electron chi connectivity index (χ3n) is 6.80. The maximum atomic E-state index is 14.0. The highest BCUT2D eigenvalue weighted by atomic mass is 32.2. The number of hydrogen-bond donors (Lipinski definition) is 1. The molecule has 0 radical (unpaired) electrons. The molecule has 4 rings (SSSR count). The predicted octanol–water partition coefficient (Wildman–Crippen LogP) is 3.87. The number of esters is 1. The summed E-state index contributed by atoms with van der Waals surface area (Å²) in [6.45, 7) is 5.88. The van der Waals surface area contributed by atoms with Crippen LogP contribution in [0.3, 0.4) is 0 Å². The average Bonchev–Trinajstić information content (AvgIpc) is 2.86. The summed E-state index contributed by atoms with van der Waals surface area (Å²) in [4.78, 5) is 25.8. The Morgan fingerprint density at radius 3 is 2.27 bits per heavy atom. The van der Waals surface area contributed by atoms with Gasteiger partial charge < -0.3 is 10.1 Å². The van der Waals surface area contributed by atoms with E-state index in [1.54, 1.807) is 26.0 Å².